The molecule has 0 radical (unpaired) electrons. The number of aromatic nitrogens is 2. The number of amides is 1. The van der Waals surface area contributed by atoms with E-state index < -0.39 is 0 Å². The predicted molar refractivity (Wildman–Crippen MR) is 92.9 cm³/mol. The van der Waals surface area contributed by atoms with Gasteiger partial charge in [-0.15, -0.1) is 0 Å². The number of benzene rings is 1. The number of anilines is 2. The summed E-state index contributed by atoms with van der Waals surface area (Å²) < 4.78 is 0. The number of hydrogen-bond donors (Lipinski definition) is 3. The van der Waals surface area contributed by atoms with E-state index >= 15 is 0 Å². The molecule has 0 aliphatic carbocycles. The first-order valence-corrected chi connectivity index (χ1v) is 7.74. The molecule has 1 aromatic heterocycles. The monoisotopic (exact) mass is 324 g/mol. The van der Waals surface area contributed by atoms with Crippen molar-refractivity contribution in [3.8, 4) is 6.07 Å². The van der Waals surface area contributed by atoms with Gasteiger partial charge >= 0.3 is 0 Å². The molecule has 124 valence electrons. The Bertz CT molecular complexity index is 736. The molecule has 24 heavy (non-hydrogen) atoms. The standard InChI is InChI=1S/C17H20N6O/c1-3-19-15-10-16(23-12(2)22-15)20-8-9-21-17(24)14-6-4-13(11-18)5-7-14/h4-7,10H,3,8-9H2,1-2H3,(H,21,24)(H2,19,20,22,23). The Balaban J connectivity index is 1.82. The molecule has 7 heteroatoms. The highest BCUT2D eigenvalue weighted by atomic mass is 16.1. The van der Waals surface area contributed by atoms with Crippen LogP contribution in [0.3, 0.4) is 0 Å². The minimum absolute atomic E-state index is 0.173. The zero-order chi connectivity index (χ0) is 17.4. The second kappa shape index (κ2) is 8.48. The highest BCUT2D eigenvalue weighted by Gasteiger charge is 2.05. The van der Waals surface area contributed by atoms with Crippen LogP contribution in [-0.2, 0) is 0 Å². The molecule has 0 aliphatic rings. The van der Waals surface area contributed by atoms with Crippen molar-refractivity contribution in [2.24, 2.45) is 0 Å². The Morgan fingerprint density at radius 2 is 1.79 bits per heavy atom. The molecule has 1 amide bonds. The Labute approximate surface area is 141 Å². The molecule has 3 N–H and O–H groups in total. The van der Waals surface area contributed by atoms with E-state index in [1.54, 1.807) is 24.3 Å². The third-order valence-electron chi connectivity index (χ3n) is 3.19. The smallest absolute Gasteiger partial charge is 0.251 e. The van der Waals surface area contributed by atoms with Crippen molar-refractivity contribution in [3.05, 3.63) is 47.3 Å². The number of carbonyl (C=O) groups is 1. The molecule has 7 nitrogen and oxygen atoms in total. The number of carbonyl (C=O) groups excluding carboxylic acids is 1. The van der Waals surface area contributed by atoms with E-state index in [0.717, 1.165) is 12.4 Å². The van der Waals surface area contributed by atoms with Crippen LogP contribution in [0, 0.1) is 18.3 Å². The van der Waals surface area contributed by atoms with Gasteiger partial charge in [-0.2, -0.15) is 5.26 Å². The van der Waals surface area contributed by atoms with E-state index in [1.165, 1.54) is 0 Å². The second-order valence-corrected chi connectivity index (χ2v) is 5.09. The third-order valence-corrected chi connectivity index (χ3v) is 3.19. The normalized spacial score (nSPS) is 9.88. The first kappa shape index (κ1) is 17.2. The molecule has 0 spiro atoms. The molecular weight excluding hydrogens is 304 g/mol. The van der Waals surface area contributed by atoms with Gasteiger partial charge in [-0.25, -0.2) is 9.97 Å². The van der Waals surface area contributed by atoms with E-state index in [9.17, 15) is 4.79 Å². The van der Waals surface area contributed by atoms with Crippen LogP contribution in [0.5, 0.6) is 0 Å². The first-order chi connectivity index (χ1) is 11.6. The van der Waals surface area contributed by atoms with Gasteiger partial charge in [0.2, 0.25) is 0 Å². The molecular formula is C17H20N6O. The molecule has 1 aromatic carbocycles. The lowest BCUT2D eigenvalue weighted by molar-refractivity contribution is 0.0955. The van der Waals surface area contributed by atoms with E-state index in [2.05, 4.69) is 25.9 Å². The molecule has 2 aromatic rings. The number of nitriles is 1. The molecule has 0 fully saturated rings. The lowest BCUT2D eigenvalue weighted by Crippen LogP contribution is -2.28. The maximum Gasteiger partial charge on any atom is 0.251 e. The van der Waals surface area contributed by atoms with Crippen LogP contribution < -0.4 is 16.0 Å². The fourth-order valence-electron chi connectivity index (χ4n) is 2.09. The number of aryl methyl sites for hydroxylation is 1. The van der Waals surface area contributed by atoms with Crippen molar-refractivity contribution in [2.45, 2.75) is 13.8 Å². The van der Waals surface area contributed by atoms with Gasteiger partial charge in [-0.05, 0) is 38.1 Å². The SMILES string of the molecule is CCNc1cc(NCCNC(=O)c2ccc(C#N)cc2)nc(C)n1. The summed E-state index contributed by atoms with van der Waals surface area (Å²) in [6.45, 7) is 5.63. The zero-order valence-electron chi connectivity index (χ0n) is 13.8. The van der Waals surface area contributed by atoms with Crippen molar-refractivity contribution < 1.29 is 4.79 Å². The maximum atomic E-state index is 12.0. The lowest BCUT2D eigenvalue weighted by Gasteiger charge is -2.10. The summed E-state index contributed by atoms with van der Waals surface area (Å²) in [5, 5.41) is 17.9. The van der Waals surface area contributed by atoms with Crippen molar-refractivity contribution in [1.29, 1.82) is 5.26 Å². The number of rotatable bonds is 7. The summed E-state index contributed by atoms with van der Waals surface area (Å²) >= 11 is 0. The first-order valence-electron chi connectivity index (χ1n) is 7.74. The van der Waals surface area contributed by atoms with Gasteiger partial charge in [0.05, 0.1) is 11.6 Å². The predicted octanol–water partition coefficient (Wildman–Crippen LogP) is 1.93. The minimum Gasteiger partial charge on any atom is -0.370 e. The van der Waals surface area contributed by atoms with E-state index in [4.69, 9.17) is 5.26 Å². The molecule has 0 unspecified atom stereocenters. The van der Waals surface area contributed by atoms with Crippen LogP contribution >= 0.6 is 0 Å². The fraction of sp³-hybridized carbons (Fsp3) is 0.294. The van der Waals surface area contributed by atoms with E-state index in [-0.39, 0.29) is 5.91 Å². The summed E-state index contributed by atoms with van der Waals surface area (Å²) in [4.78, 5) is 20.6. The molecule has 0 atom stereocenters. The van der Waals surface area contributed by atoms with Crippen molar-refractivity contribution >= 4 is 17.5 Å². The van der Waals surface area contributed by atoms with Gasteiger partial charge in [0.1, 0.15) is 17.5 Å². The average molecular weight is 324 g/mol. The Morgan fingerprint density at radius 3 is 2.42 bits per heavy atom. The Morgan fingerprint density at radius 1 is 1.12 bits per heavy atom. The topological polar surface area (TPSA) is 103 Å². The highest BCUT2D eigenvalue weighted by Crippen LogP contribution is 2.10. The summed E-state index contributed by atoms with van der Waals surface area (Å²) in [6.07, 6.45) is 0. The average Bonchev–Trinajstić information content (AvgIpc) is 2.58. The van der Waals surface area contributed by atoms with Crippen LogP contribution in [0.25, 0.3) is 0 Å². The van der Waals surface area contributed by atoms with Gasteiger partial charge in [0.15, 0.2) is 0 Å². The molecule has 0 saturated carbocycles. The van der Waals surface area contributed by atoms with Crippen LogP contribution in [0.15, 0.2) is 30.3 Å². The molecule has 2 rings (SSSR count). The summed E-state index contributed by atoms with van der Waals surface area (Å²) in [7, 11) is 0. The largest absolute Gasteiger partial charge is 0.370 e. The lowest BCUT2D eigenvalue weighted by atomic mass is 10.1. The zero-order valence-corrected chi connectivity index (χ0v) is 13.8. The van der Waals surface area contributed by atoms with Crippen LogP contribution in [0.2, 0.25) is 0 Å². The Hall–Kier alpha value is -3.14. The Kier molecular flexibility index (Phi) is 6.08. The summed E-state index contributed by atoms with van der Waals surface area (Å²) in [6, 6.07) is 10.4. The fourth-order valence-corrected chi connectivity index (χ4v) is 2.09. The van der Waals surface area contributed by atoms with Crippen LogP contribution in [-0.4, -0.2) is 35.5 Å². The van der Waals surface area contributed by atoms with Crippen molar-refractivity contribution in [2.75, 3.05) is 30.3 Å². The summed E-state index contributed by atoms with van der Waals surface area (Å²) in [5.41, 5.74) is 1.06. The second-order valence-electron chi connectivity index (χ2n) is 5.09. The summed E-state index contributed by atoms with van der Waals surface area (Å²) in [5.74, 6) is 1.99. The van der Waals surface area contributed by atoms with Crippen molar-refractivity contribution in [3.63, 3.8) is 0 Å². The van der Waals surface area contributed by atoms with Crippen molar-refractivity contribution in [1.82, 2.24) is 15.3 Å². The minimum atomic E-state index is -0.173. The van der Waals surface area contributed by atoms with Gasteiger partial charge in [-0.1, -0.05) is 0 Å². The van der Waals surface area contributed by atoms with E-state index in [1.807, 2.05) is 26.0 Å². The molecule has 0 aliphatic heterocycles. The molecule has 0 bridgehead atoms. The highest BCUT2D eigenvalue weighted by molar-refractivity contribution is 5.94. The number of nitrogens with one attached hydrogen (secondary N) is 3. The van der Waals surface area contributed by atoms with E-state index in [0.29, 0.717) is 35.9 Å². The van der Waals surface area contributed by atoms with Crippen LogP contribution in [0.4, 0.5) is 11.6 Å². The quantitative estimate of drug-likeness (QED) is 0.673. The van der Waals surface area contributed by atoms with Gasteiger partial charge < -0.3 is 16.0 Å². The third kappa shape index (κ3) is 4.95. The molecule has 0 saturated heterocycles. The molecule has 1 heterocycles. The van der Waals surface area contributed by atoms with Crippen LogP contribution in [0.1, 0.15) is 28.7 Å². The van der Waals surface area contributed by atoms with Gasteiger partial charge in [-0.3, -0.25) is 4.79 Å². The number of nitrogens with zero attached hydrogens (tertiary/aromatic N) is 3. The maximum absolute atomic E-state index is 12.0. The number of hydrogen-bond acceptors (Lipinski definition) is 6. The van der Waals surface area contributed by atoms with Gasteiger partial charge in [0.25, 0.3) is 5.91 Å². The van der Waals surface area contributed by atoms with Gasteiger partial charge in [0, 0.05) is 31.3 Å².